The first-order valence-electron chi connectivity index (χ1n) is 9.16. The molecule has 1 saturated heterocycles. The van der Waals surface area contributed by atoms with Crippen LogP contribution < -0.4 is 5.32 Å². The van der Waals surface area contributed by atoms with Crippen LogP contribution in [0, 0.1) is 5.92 Å². The highest BCUT2D eigenvalue weighted by Crippen LogP contribution is 2.26. The Morgan fingerprint density at radius 1 is 1.15 bits per heavy atom. The van der Waals surface area contributed by atoms with Crippen molar-refractivity contribution in [3.05, 3.63) is 64.2 Å². The maximum absolute atomic E-state index is 12.7. The largest absolute Gasteiger partial charge is 0.381 e. The van der Waals surface area contributed by atoms with Crippen molar-refractivity contribution in [3.63, 3.8) is 0 Å². The van der Waals surface area contributed by atoms with Crippen molar-refractivity contribution in [1.82, 2.24) is 4.90 Å². The maximum atomic E-state index is 12.7. The van der Waals surface area contributed by atoms with E-state index in [-0.39, 0.29) is 17.7 Å². The summed E-state index contributed by atoms with van der Waals surface area (Å²) in [4.78, 5) is 27.0. The van der Waals surface area contributed by atoms with E-state index in [0.717, 1.165) is 24.9 Å². The van der Waals surface area contributed by atoms with Crippen molar-refractivity contribution >= 4 is 29.1 Å². The van der Waals surface area contributed by atoms with Crippen molar-refractivity contribution in [2.75, 3.05) is 25.1 Å². The zero-order chi connectivity index (χ0) is 18.8. The van der Waals surface area contributed by atoms with E-state index in [0.29, 0.717) is 36.0 Å². The first-order chi connectivity index (χ1) is 13.1. The van der Waals surface area contributed by atoms with Crippen LogP contribution in [0.15, 0.2) is 42.5 Å². The molecule has 1 N–H and O–H groups in total. The van der Waals surface area contributed by atoms with Gasteiger partial charge in [-0.05, 0) is 48.2 Å². The van der Waals surface area contributed by atoms with Crippen LogP contribution in [0.25, 0.3) is 0 Å². The number of rotatable bonds is 3. The summed E-state index contributed by atoms with van der Waals surface area (Å²) in [6, 6.07) is 12.8. The highest BCUT2D eigenvalue weighted by Gasteiger charge is 2.30. The molecule has 2 aromatic carbocycles. The molecule has 0 bridgehead atoms. The van der Waals surface area contributed by atoms with Crippen molar-refractivity contribution < 1.29 is 14.3 Å². The van der Waals surface area contributed by atoms with Gasteiger partial charge in [0, 0.05) is 25.4 Å². The van der Waals surface area contributed by atoms with Gasteiger partial charge in [0.25, 0.3) is 5.91 Å². The van der Waals surface area contributed by atoms with E-state index in [1.165, 1.54) is 5.56 Å². The Balaban J connectivity index is 1.48. The summed E-state index contributed by atoms with van der Waals surface area (Å²) in [7, 11) is 0. The lowest BCUT2D eigenvalue weighted by Crippen LogP contribution is -2.40. The van der Waals surface area contributed by atoms with Crippen LogP contribution in [0.1, 0.15) is 27.9 Å². The summed E-state index contributed by atoms with van der Waals surface area (Å²) in [5.41, 5.74) is 3.44. The lowest BCUT2D eigenvalue weighted by molar-refractivity contribution is -0.136. The summed E-state index contributed by atoms with van der Waals surface area (Å²) in [5.74, 6) is -0.0919. The van der Waals surface area contributed by atoms with E-state index in [9.17, 15) is 9.59 Å². The Labute approximate surface area is 163 Å². The molecule has 2 amide bonds. The number of anilines is 1. The van der Waals surface area contributed by atoms with Gasteiger partial charge in [-0.3, -0.25) is 9.59 Å². The van der Waals surface area contributed by atoms with Crippen molar-refractivity contribution in [2.24, 2.45) is 5.92 Å². The molecule has 27 heavy (non-hydrogen) atoms. The normalized spacial score (nSPS) is 18.9. The Kier molecular flexibility index (Phi) is 5.14. The molecule has 1 fully saturated rings. The monoisotopic (exact) mass is 384 g/mol. The molecule has 2 aliphatic rings. The van der Waals surface area contributed by atoms with Crippen molar-refractivity contribution in [2.45, 2.75) is 19.4 Å². The Morgan fingerprint density at radius 2 is 2.00 bits per heavy atom. The highest BCUT2D eigenvalue weighted by molar-refractivity contribution is 6.34. The van der Waals surface area contributed by atoms with Crippen molar-refractivity contribution in [3.8, 4) is 0 Å². The van der Waals surface area contributed by atoms with Gasteiger partial charge in [0.1, 0.15) is 0 Å². The minimum Gasteiger partial charge on any atom is -0.381 e. The second-order valence-electron chi connectivity index (χ2n) is 6.99. The average molecular weight is 385 g/mol. The zero-order valence-corrected chi connectivity index (χ0v) is 15.7. The van der Waals surface area contributed by atoms with E-state index in [1.807, 2.05) is 23.1 Å². The van der Waals surface area contributed by atoms with E-state index in [2.05, 4.69) is 5.32 Å². The predicted molar refractivity (Wildman–Crippen MR) is 104 cm³/mol. The average Bonchev–Trinajstić information content (AvgIpc) is 3.22. The van der Waals surface area contributed by atoms with E-state index >= 15 is 0 Å². The standard InChI is InChI=1S/C21H21ClN2O3/c22-19-4-2-1-3-18(19)20(25)23-17-6-5-14-7-9-24(12-16(14)11-17)21(26)15-8-10-27-13-15/h1-6,11,15H,7-10,12-13H2,(H,23,25)/t15-/m0/s1. The molecule has 1 atom stereocenters. The van der Waals surface area contributed by atoms with Crippen molar-refractivity contribution in [1.29, 1.82) is 0 Å². The van der Waals surface area contributed by atoms with Gasteiger partial charge in [0.2, 0.25) is 5.91 Å². The van der Waals surface area contributed by atoms with E-state index in [1.54, 1.807) is 24.3 Å². The summed E-state index contributed by atoms with van der Waals surface area (Å²) in [6.45, 7) is 2.49. The number of carbonyl (C=O) groups is 2. The molecular weight excluding hydrogens is 364 g/mol. The molecule has 0 unspecified atom stereocenters. The molecule has 0 saturated carbocycles. The number of fused-ring (bicyclic) bond motifs is 1. The number of nitrogens with zero attached hydrogens (tertiary/aromatic N) is 1. The molecule has 6 heteroatoms. The molecule has 4 rings (SSSR count). The number of benzene rings is 2. The van der Waals surface area contributed by atoms with E-state index < -0.39 is 0 Å². The van der Waals surface area contributed by atoms with Crippen LogP contribution in [0.5, 0.6) is 0 Å². The fraction of sp³-hybridized carbons (Fsp3) is 0.333. The third kappa shape index (κ3) is 3.84. The molecule has 140 valence electrons. The Hall–Kier alpha value is -2.37. The van der Waals surface area contributed by atoms with Crippen LogP contribution in [-0.2, 0) is 22.5 Å². The van der Waals surface area contributed by atoms with Crippen LogP contribution >= 0.6 is 11.6 Å². The lowest BCUT2D eigenvalue weighted by Gasteiger charge is -2.31. The smallest absolute Gasteiger partial charge is 0.257 e. The fourth-order valence-electron chi connectivity index (χ4n) is 3.65. The third-order valence-corrected chi connectivity index (χ3v) is 5.52. The van der Waals surface area contributed by atoms with Gasteiger partial charge in [-0.25, -0.2) is 0 Å². The molecule has 2 aliphatic heterocycles. The van der Waals surface area contributed by atoms with Gasteiger partial charge in [-0.1, -0.05) is 29.8 Å². The number of hydrogen-bond acceptors (Lipinski definition) is 3. The zero-order valence-electron chi connectivity index (χ0n) is 14.9. The predicted octanol–water partition coefficient (Wildman–Crippen LogP) is 3.51. The minimum atomic E-state index is -0.243. The topological polar surface area (TPSA) is 58.6 Å². The molecular formula is C21H21ClN2O3. The van der Waals surface area contributed by atoms with Gasteiger partial charge in [-0.2, -0.15) is 0 Å². The summed E-state index contributed by atoms with van der Waals surface area (Å²) in [5, 5.41) is 3.32. The summed E-state index contributed by atoms with van der Waals surface area (Å²) < 4.78 is 5.35. The van der Waals surface area contributed by atoms with Gasteiger partial charge in [0.05, 0.1) is 23.1 Å². The summed E-state index contributed by atoms with van der Waals surface area (Å²) >= 11 is 6.10. The maximum Gasteiger partial charge on any atom is 0.257 e. The summed E-state index contributed by atoms with van der Waals surface area (Å²) in [6.07, 6.45) is 1.63. The van der Waals surface area contributed by atoms with Gasteiger partial charge >= 0.3 is 0 Å². The van der Waals surface area contributed by atoms with Crippen LogP contribution in [0.3, 0.4) is 0 Å². The molecule has 0 aromatic heterocycles. The number of halogens is 1. The number of amides is 2. The molecule has 0 radical (unpaired) electrons. The van der Waals surface area contributed by atoms with Gasteiger partial charge < -0.3 is 15.0 Å². The third-order valence-electron chi connectivity index (χ3n) is 5.19. The number of hydrogen-bond donors (Lipinski definition) is 1. The highest BCUT2D eigenvalue weighted by atomic mass is 35.5. The number of nitrogens with one attached hydrogen (secondary N) is 1. The molecule has 0 spiro atoms. The first kappa shape index (κ1) is 18.0. The quantitative estimate of drug-likeness (QED) is 0.880. The molecule has 2 aromatic rings. The second kappa shape index (κ2) is 7.71. The molecule has 5 nitrogen and oxygen atoms in total. The molecule has 2 heterocycles. The number of ether oxygens (including phenoxy) is 1. The van der Waals surface area contributed by atoms with Crippen LogP contribution in [0.2, 0.25) is 5.02 Å². The SMILES string of the molecule is O=C(Nc1ccc2c(c1)CN(C(=O)[C@H]1CCOC1)CC2)c1ccccc1Cl. The number of carbonyl (C=O) groups excluding carboxylic acids is 2. The second-order valence-corrected chi connectivity index (χ2v) is 7.39. The Morgan fingerprint density at radius 3 is 2.78 bits per heavy atom. The van der Waals surface area contributed by atoms with Gasteiger partial charge in [0.15, 0.2) is 0 Å². The first-order valence-corrected chi connectivity index (χ1v) is 9.54. The lowest BCUT2D eigenvalue weighted by atomic mass is 9.97. The molecule has 0 aliphatic carbocycles. The van der Waals surface area contributed by atoms with Crippen LogP contribution in [0.4, 0.5) is 5.69 Å². The minimum absolute atomic E-state index is 0.0188. The van der Waals surface area contributed by atoms with E-state index in [4.69, 9.17) is 16.3 Å². The fourth-order valence-corrected chi connectivity index (χ4v) is 3.88. The Bertz CT molecular complexity index is 877. The van der Waals surface area contributed by atoms with Crippen LogP contribution in [-0.4, -0.2) is 36.5 Å². The van der Waals surface area contributed by atoms with Gasteiger partial charge in [-0.15, -0.1) is 0 Å².